The summed E-state index contributed by atoms with van der Waals surface area (Å²) in [5, 5.41) is 3.00. The molecule has 0 aromatic heterocycles. The molecule has 0 bridgehead atoms. The van der Waals surface area contributed by atoms with Crippen LogP contribution in [0.1, 0.15) is 30.5 Å². The number of aryl methyl sites for hydroxylation is 3. The number of ether oxygens (including phenoxy) is 1. The highest BCUT2D eigenvalue weighted by atomic mass is 16.5. The molecule has 144 valence electrons. The van der Waals surface area contributed by atoms with Gasteiger partial charge in [0.25, 0.3) is 11.8 Å². The molecular weight excluding hydrogens is 330 g/mol. The number of benzene rings is 1. The molecule has 2 rings (SSSR count). The van der Waals surface area contributed by atoms with E-state index in [4.69, 9.17) is 4.74 Å². The first kappa shape index (κ1) is 20.4. The van der Waals surface area contributed by atoms with Gasteiger partial charge in [0.2, 0.25) is 0 Å². The van der Waals surface area contributed by atoms with Crippen LogP contribution in [0.15, 0.2) is 12.1 Å². The second-order valence-electron chi connectivity index (χ2n) is 7.69. The van der Waals surface area contributed by atoms with Crippen LogP contribution in [0.5, 0.6) is 0 Å². The molecule has 1 fully saturated rings. The first-order chi connectivity index (χ1) is 12.2. The van der Waals surface area contributed by atoms with Crippen molar-refractivity contribution in [2.75, 3.05) is 38.5 Å². The third kappa shape index (κ3) is 5.54. The second-order valence-corrected chi connectivity index (χ2v) is 7.69. The van der Waals surface area contributed by atoms with Gasteiger partial charge in [0.05, 0.1) is 19.3 Å². The summed E-state index contributed by atoms with van der Waals surface area (Å²) in [5.41, 5.74) is 4.16. The van der Waals surface area contributed by atoms with Crippen LogP contribution in [-0.2, 0) is 14.3 Å². The Labute approximate surface area is 156 Å². The Bertz CT molecular complexity index is 641. The van der Waals surface area contributed by atoms with Gasteiger partial charge in [0.1, 0.15) is 0 Å². The van der Waals surface area contributed by atoms with E-state index in [1.165, 1.54) is 5.56 Å². The van der Waals surface area contributed by atoms with Gasteiger partial charge in [0.15, 0.2) is 13.1 Å². The van der Waals surface area contributed by atoms with Crippen molar-refractivity contribution in [3.05, 3.63) is 28.8 Å². The topological polar surface area (TPSA) is 63.1 Å². The van der Waals surface area contributed by atoms with Crippen LogP contribution in [0.3, 0.4) is 0 Å². The zero-order chi connectivity index (χ0) is 19.4. The average Bonchev–Trinajstić information content (AvgIpc) is 2.49. The summed E-state index contributed by atoms with van der Waals surface area (Å²) in [7, 11) is 1.87. The molecule has 26 heavy (non-hydrogen) atoms. The maximum absolute atomic E-state index is 12.5. The number of rotatable bonds is 5. The lowest BCUT2D eigenvalue weighted by molar-refractivity contribution is -0.862. The van der Waals surface area contributed by atoms with Crippen LogP contribution in [0, 0.1) is 20.8 Å². The Morgan fingerprint density at radius 2 is 1.65 bits per heavy atom. The van der Waals surface area contributed by atoms with Gasteiger partial charge in [-0.1, -0.05) is 17.7 Å². The maximum atomic E-state index is 12.5. The Balaban J connectivity index is 1.88. The predicted octanol–water partition coefficient (Wildman–Crippen LogP) is 0.701. The van der Waals surface area contributed by atoms with Gasteiger partial charge in [-0.15, -0.1) is 0 Å². The predicted molar refractivity (Wildman–Crippen MR) is 102 cm³/mol. The molecule has 1 aliphatic heterocycles. The van der Waals surface area contributed by atoms with E-state index in [0.717, 1.165) is 21.7 Å². The molecule has 1 heterocycles. The summed E-state index contributed by atoms with van der Waals surface area (Å²) in [6, 6.07) is 4.12. The molecule has 0 radical (unpaired) electrons. The molecule has 1 aromatic carbocycles. The van der Waals surface area contributed by atoms with E-state index >= 15 is 0 Å². The van der Waals surface area contributed by atoms with Gasteiger partial charge in [-0.25, -0.2) is 0 Å². The lowest BCUT2D eigenvalue weighted by atomic mass is 10.1. The van der Waals surface area contributed by atoms with E-state index in [1.807, 2.05) is 46.6 Å². The molecule has 6 nitrogen and oxygen atoms in total. The van der Waals surface area contributed by atoms with E-state index in [9.17, 15) is 9.59 Å². The maximum Gasteiger partial charge on any atom is 0.279 e. The average molecular weight is 362 g/mol. The van der Waals surface area contributed by atoms with E-state index < -0.39 is 0 Å². The summed E-state index contributed by atoms with van der Waals surface area (Å²) in [4.78, 5) is 27.6. The Morgan fingerprint density at radius 1 is 1.12 bits per heavy atom. The minimum Gasteiger partial charge on any atom is -0.372 e. The van der Waals surface area contributed by atoms with Crippen LogP contribution in [-0.4, -0.2) is 62.1 Å². The lowest BCUT2D eigenvalue weighted by Gasteiger charge is -2.35. The monoisotopic (exact) mass is 362 g/mol. The number of hydrogen-bond donors (Lipinski definition) is 2. The highest BCUT2D eigenvalue weighted by molar-refractivity contribution is 5.93. The van der Waals surface area contributed by atoms with Crippen molar-refractivity contribution in [1.82, 2.24) is 4.90 Å². The zero-order valence-electron chi connectivity index (χ0n) is 16.8. The van der Waals surface area contributed by atoms with Crippen molar-refractivity contribution in [3.63, 3.8) is 0 Å². The number of likely N-dealkylation sites (N-methyl/N-ethyl adjacent to an activating group) is 1. The first-order valence-corrected chi connectivity index (χ1v) is 9.28. The molecule has 0 aliphatic carbocycles. The van der Waals surface area contributed by atoms with Crippen molar-refractivity contribution in [2.45, 2.75) is 46.8 Å². The molecular formula is C20H32N3O3+. The number of quaternary nitrogens is 1. The minimum absolute atomic E-state index is 0.0544. The molecule has 0 spiro atoms. The van der Waals surface area contributed by atoms with Gasteiger partial charge >= 0.3 is 0 Å². The largest absolute Gasteiger partial charge is 0.372 e. The Morgan fingerprint density at radius 3 is 2.19 bits per heavy atom. The quantitative estimate of drug-likeness (QED) is 0.811. The number of nitrogens with one attached hydrogen (secondary N) is 2. The van der Waals surface area contributed by atoms with E-state index in [0.29, 0.717) is 19.6 Å². The van der Waals surface area contributed by atoms with Gasteiger partial charge in [-0.05, 0) is 45.7 Å². The fraction of sp³-hybridized carbons (Fsp3) is 0.600. The standard InChI is InChI=1S/C20H31N3O3/c1-13-7-14(2)20(15(3)8-13)21-18(24)11-22(6)12-19(25)23-9-16(4)26-17(5)10-23/h7-8,16-17H,9-12H2,1-6H3,(H,21,24)/p+1/t16-,17-/m1/s1. The molecule has 1 aromatic rings. The summed E-state index contributed by atoms with van der Waals surface area (Å²) in [5.74, 6) is -0.00550. The van der Waals surface area contributed by atoms with Crippen LogP contribution in [0.2, 0.25) is 0 Å². The molecule has 2 amide bonds. The third-order valence-electron chi connectivity index (χ3n) is 4.63. The normalized spacial score (nSPS) is 21.4. The number of anilines is 1. The smallest absolute Gasteiger partial charge is 0.279 e. The van der Waals surface area contributed by atoms with E-state index in [2.05, 4.69) is 17.4 Å². The molecule has 6 heteroatoms. The number of morpholine rings is 1. The summed E-state index contributed by atoms with van der Waals surface area (Å²) in [6.45, 7) is 11.8. The van der Waals surface area contributed by atoms with Gasteiger partial charge < -0.3 is 19.9 Å². The molecule has 0 saturated carbocycles. The third-order valence-corrected chi connectivity index (χ3v) is 4.63. The number of nitrogens with zero attached hydrogens (tertiary/aromatic N) is 1. The fourth-order valence-electron chi connectivity index (χ4n) is 3.65. The summed E-state index contributed by atoms with van der Waals surface area (Å²) >= 11 is 0. The van der Waals surface area contributed by atoms with Crippen molar-refractivity contribution in [1.29, 1.82) is 0 Å². The summed E-state index contributed by atoms with van der Waals surface area (Å²) in [6.07, 6.45) is 0.109. The number of carbonyl (C=O) groups is 2. The Kier molecular flexibility index (Phi) is 6.78. The molecule has 1 aliphatic rings. The molecule has 2 N–H and O–H groups in total. The fourth-order valence-corrected chi connectivity index (χ4v) is 3.65. The Hall–Kier alpha value is -1.92. The van der Waals surface area contributed by atoms with Crippen molar-refractivity contribution < 1.29 is 19.2 Å². The van der Waals surface area contributed by atoms with Crippen LogP contribution >= 0.6 is 0 Å². The highest BCUT2D eigenvalue weighted by Gasteiger charge is 2.27. The van der Waals surface area contributed by atoms with Gasteiger partial charge in [-0.2, -0.15) is 0 Å². The van der Waals surface area contributed by atoms with E-state index in [-0.39, 0.29) is 30.6 Å². The molecule has 3 atom stereocenters. The van der Waals surface area contributed by atoms with Crippen molar-refractivity contribution in [2.24, 2.45) is 0 Å². The SMILES string of the molecule is Cc1cc(C)c(NC(=O)C[NH+](C)CC(=O)N2C[C@@H](C)O[C@H](C)C2)c(C)c1. The lowest BCUT2D eigenvalue weighted by Crippen LogP contribution is -3.11. The number of hydrogen-bond acceptors (Lipinski definition) is 3. The van der Waals surface area contributed by atoms with Crippen LogP contribution < -0.4 is 10.2 Å². The van der Waals surface area contributed by atoms with Gasteiger partial charge in [0, 0.05) is 18.8 Å². The highest BCUT2D eigenvalue weighted by Crippen LogP contribution is 2.21. The zero-order valence-corrected chi connectivity index (χ0v) is 16.8. The first-order valence-electron chi connectivity index (χ1n) is 9.28. The number of carbonyl (C=O) groups excluding carboxylic acids is 2. The van der Waals surface area contributed by atoms with Crippen LogP contribution in [0.25, 0.3) is 0 Å². The van der Waals surface area contributed by atoms with Crippen molar-refractivity contribution in [3.8, 4) is 0 Å². The van der Waals surface area contributed by atoms with Crippen LogP contribution in [0.4, 0.5) is 5.69 Å². The second kappa shape index (κ2) is 8.64. The number of amides is 2. The molecule has 1 saturated heterocycles. The summed E-state index contributed by atoms with van der Waals surface area (Å²) < 4.78 is 5.67. The molecule has 1 unspecified atom stereocenters. The minimum atomic E-state index is -0.0749. The van der Waals surface area contributed by atoms with Crippen molar-refractivity contribution >= 4 is 17.5 Å². The van der Waals surface area contributed by atoms with E-state index in [1.54, 1.807) is 0 Å². The van der Waals surface area contributed by atoms with Gasteiger partial charge in [-0.3, -0.25) is 9.59 Å².